The van der Waals surface area contributed by atoms with E-state index in [9.17, 15) is 4.79 Å². The Morgan fingerprint density at radius 2 is 1.76 bits per heavy atom. The number of thiocarbonyl (C=S) groups is 1. The second kappa shape index (κ2) is 10.3. The molecule has 2 atom stereocenters. The predicted molar refractivity (Wildman–Crippen MR) is 145 cm³/mol. The number of hydrogen-bond acceptors (Lipinski definition) is 6. The molecule has 0 saturated carbocycles. The van der Waals surface area contributed by atoms with Crippen LogP contribution in [0.15, 0.2) is 85.2 Å². The fraction of sp³-hybridized carbons (Fsp3) is 0.179. The quantitative estimate of drug-likeness (QED) is 0.277. The van der Waals surface area contributed by atoms with Gasteiger partial charge in [0.25, 0.3) is 0 Å². The second-order valence-corrected chi connectivity index (χ2v) is 8.73. The Kier molecular flexibility index (Phi) is 6.78. The number of carbonyl (C=O) groups excluding carboxylic acids is 1. The summed E-state index contributed by atoms with van der Waals surface area (Å²) in [5, 5.41) is 3.99. The molecule has 0 spiro atoms. The van der Waals surface area contributed by atoms with Gasteiger partial charge in [0, 0.05) is 24.2 Å². The van der Waals surface area contributed by atoms with Gasteiger partial charge in [-0.15, -0.1) is 0 Å². The third-order valence-corrected chi connectivity index (χ3v) is 6.71. The van der Waals surface area contributed by atoms with E-state index in [-0.39, 0.29) is 12.1 Å². The summed E-state index contributed by atoms with van der Waals surface area (Å²) >= 11 is 5.88. The van der Waals surface area contributed by atoms with Crippen molar-refractivity contribution in [3.05, 3.63) is 102 Å². The van der Waals surface area contributed by atoms with Crippen molar-refractivity contribution in [1.29, 1.82) is 0 Å². The molecule has 0 amide bonds. The van der Waals surface area contributed by atoms with E-state index in [1.165, 1.54) is 7.11 Å². The largest absolute Gasteiger partial charge is 0.497 e. The van der Waals surface area contributed by atoms with Crippen LogP contribution in [0.1, 0.15) is 33.8 Å². The van der Waals surface area contributed by atoms with Gasteiger partial charge in [0.1, 0.15) is 17.5 Å². The van der Waals surface area contributed by atoms with E-state index in [1.54, 1.807) is 26.5 Å². The number of methoxy groups -OCH3 is 3. The maximum absolute atomic E-state index is 12.6. The molecule has 1 saturated heterocycles. The van der Waals surface area contributed by atoms with Crippen LogP contribution in [0.25, 0.3) is 5.69 Å². The zero-order valence-electron chi connectivity index (χ0n) is 20.6. The minimum Gasteiger partial charge on any atom is -0.497 e. The molecular weight excluding hydrogens is 488 g/mol. The van der Waals surface area contributed by atoms with Gasteiger partial charge in [0.2, 0.25) is 0 Å². The summed E-state index contributed by atoms with van der Waals surface area (Å²) in [7, 11) is 4.61. The molecule has 1 fully saturated rings. The van der Waals surface area contributed by atoms with Crippen LogP contribution < -0.4 is 19.7 Å². The number of hydrogen-bond donors (Lipinski definition) is 1. The lowest BCUT2D eigenvalue weighted by Crippen LogP contribution is -2.30. The summed E-state index contributed by atoms with van der Waals surface area (Å²) in [6.45, 7) is 0. The number of aromatic nitrogens is 2. The molecule has 3 heterocycles. The van der Waals surface area contributed by atoms with E-state index < -0.39 is 5.97 Å². The predicted octanol–water partition coefficient (Wildman–Crippen LogP) is 4.85. The smallest absolute Gasteiger partial charge is 0.339 e. The van der Waals surface area contributed by atoms with Crippen molar-refractivity contribution in [2.24, 2.45) is 0 Å². The van der Waals surface area contributed by atoms with Crippen molar-refractivity contribution in [3.8, 4) is 17.2 Å². The molecule has 1 N–H and O–H groups in total. The van der Waals surface area contributed by atoms with Gasteiger partial charge in [-0.25, -0.2) is 4.79 Å². The molecule has 2 aromatic carbocycles. The SMILES string of the molecule is COC(=O)c1ccccc1-n1cccc1[C@H]1[C@H](c2ccccn2)NC(=S)N1c1ccc(OC)cc1OC. The first-order chi connectivity index (χ1) is 18.1. The van der Waals surface area contributed by atoms with Crippen LogP contribution in [-0.4, -0.2) is 42.0 Å². The Morgan fingerprint density at radius 3 is 2.49 bits per heavy atom. The number of ether oxygens (including phenoxy) is 3. The molecule has 0 radical (unpaired) electrons. The Morgan fingerprint density at radius 1 is 0.946 bits per heavy atom. The molecule has 4 aromatic rings. The van der Waals surface area contributed by atoms with Crippen molar-refractivity contribution in [2.75, 3.05) is 26.2 Å². The third-order valence-electron chi connectivity index (χ3n) is 6.40. The number of pyridine rings is 1. The normalized spacial score (nSPS) is 16.8. The summed E-state index contributed by atoms with van der Waals surface area (Å²) in [5.74, 6) is 0.875. The van der Waals surface area contributed by atoms with Crippen LogP contribution in [0.4, 0.5) is 5.69 Å². The third kappa shape index (κ3) is 4.38. The maximum Gasteiger partial charge on any atom is 0.339 e. The highest BCUT2D eigenvalue weighted by Gasteiger charge is 2.43. The number of carbonyl (C=O) groups is 1. The van der Waals surface area contributed by atoms with Gasteiger partial charge < -0.3 is 29.0 Å². The zero-order valence-corrected chi connectivity index (χ0v) is 21.4. The van der Waals surface area contributed by atoms with Crippen molar-refractivity contribution in [2.45, 2.75) is 12.1 Å². The molecule has 2 aromatic heterocycles. The van der Waals surface area contributed by atoms with Gasteiger partial charge in [0.05, 0.1) is 50.0 Å². The fourth-order valence-corrected chi connectivity index (χ4v) is 5.06. The van der Waals surface area contributed by atoms with Crippen LogP contribution >= 0.6 is 12.2 Å². The number of anilines is 1. The van der Waals surface area contributed by atoms with Crippen LogP contribution in [0.3, 0.4) is 0 Å². The lowest BCUT2D eigenvalue weighted by molar-refractivity contribution is 0.0600. The van der Waals surface area contributed by atoms with E-state index >= 15 is 0 Å². The summed E-state index contributed by atoms with van der Waals surface area (Å²) in [6, 6.07) is 22.1. The molecule has 188 valence electrons. The average molecular weight is 515 g/mol. The van der Waals surface area contributed by atoms with Crippen LogP contribution in [0, 0.1) is 0 Å². The Balaban J connectivity index is 1.71. The topological polar surface area (TPSA) is 77.9 Å². The molecular formula is C28H26N4O4S. The van der Waals surface area contributed by atoms with E-state index in [4.69, 9.17) is 26.4 Å². The number of nitrogens with one attached hydrogen (secondary N) is 1. The van der Waals surface area contributed by atoms with Crippen molar-refractivity contribution in [3.63, 3.8) is 0 Å². The van der Waals surface area contributed by atoms with Crippen molar-refractivity contribution in [1.82, 2.24) is 14.9 Å². The Bertz CT molecular complexity index is 1440. The lowest BCUT2D eigenvalue weighted by Gasteiger charge is -2.30. The molecule has 0 bridgehead atoms. The highest BCUT2D eigenvalue weighted by atomic mass is 32.1. The molecule has 0 unspecified atom stereocenters. The minimum atomic E-state index is -0.412. The summed E-state index contributed by atoms with van der Waals surface area (Å²) in [4.78, 5) is 19.3. The first-order valence-electron chi connectivity index (χ1n) is 11.6. The van der Waals surface area contributed by atoms with Crippen molar-refractivity contribution >= 4 is 29.0 Å². The van der Waals surface area contributed by atoms with Gasteiger partial charge in [-0.1, -0.05) is 18.2 Å². The first kappa shape index (κ1) is 24.3. The van der Waals surface area contributed by atoms with Crippen LogP contribution in [0.2, 0.25) is 0 Å². The van der Waals surface area contributed by atoms with Crippen LogP contribution in [0.5, 0.6) is 11.5 Å². The standard InChI is InChI=1S/C28H26N4O4S/c1-34-18-13-14-22(24(17-18)35-2)32-26(25(30-28(32)37)20-10-6-7-15-29-20)23-12-8-16-31(23)21-11-5-4-9-19(21)27(33)36-3/h4-17,25-26H,1-3H3,(H,30,37)/t25-,26-/m0/s1. The number of rotatable bonds is 7. The molecule has 5 rings (SSSR count). The van der Waals surface area contributed by atoms with E-state index in [1.807, 2.05) is 82.4 Å². The average Bonchev–Trinajstić information content (AvgIpc) is 3.56. The number of nitrogens with zero attached hydrogens (tertiary/aromatic N) is 3. The molecule has 1 aliphatic rings. The van der Waals surface area contributed by atoms with E-state index in [0.717, 1.165) is 17.1 Å². The minimum absolute atomic E-state index is 0.278. The number of para-hydroxylation sites is 1. The zero-order chi connectivity index (χ0) is 25.9. The summed E-state index contributed by atoms with van der Waals surface area (Å²) < 4.78 is 18.2. The Hall–Kier alpha value is -4.37. The Labute approximate surface area is 220 Å². The van der Waals surface area contributed by atoms with E-state index in [2.05, 4.69) is 10.3 Å². The molecule has 8 nitrogen and oxygen atoms in total. The second-order valence-electron chi connectivity index (χ2n) is 8.35. The summed E-state index contributed by atoms with van der Waals surface area (Å²) in [5.41, 5.74) is 3.67. The number of benzene rings is 2. The summed E-state index contributed by atoms with van der Waals surface area (Å²) in [6.07, 6.45) is 3.69. The van der Waals surface area contributed by atoms with Gasteiger partial charge >= 0.3 is 5.97 Å². The van der Waals surface area contributed by atoms with Gasteiger partial charge in [-0.2, -0.15) is 0 Å². The monoisotopic (exact) mass is 514 g/mol. The molecule has 0 aliphatic carbocycles. The number of esters is 1. The lowest BCUT2D eigenvalue weighted by atomic mass is 10.00. The molecule has 1 aliphatic heterocycles. The molecule has 37 heavy (non-hydrogen) atoms. The highest BCUT2D eigenvalue weighted by Crippen LogP contribution is 2.45. The molecule has 9 heteroatoms. The van der Waals surface area contributed by atoms with Gasteiger partial charge in [-0.05, 0) is 60.7 Å². The maximum atomic E-state index is 12.6. The fourth-order valence-electron chi connectivity index (χ4n) is 4.72. The van der Waals surface area contributed by atoms with Gasteiger partial charge in [-0.3, -0.25) is 4.98 Å². The van der Waals surface area contributed by atoms with Gasteiger partial charge in [0.15, 0.2) is 5.11 Å². The highest BCUT2D eigenvalue weighted by molar-refractivity contribution is 7.80. The van der Waals surface area contributed by atoms with Crippen LogP contribution in [-0.2, 0) is 4.74 Å². The van der Waals surface area contributed by atoms with Crippen molar-refractivity contribution < 1.29 is 19.0 Å². The van der Waals surface area contributed by atoms with E-state index in [0.29, 0.717) is 27.9 Å². The first-order valence-corrected chi connectivity index (χ1v) is 12.1.